The van der Waals surface area contributed by atoms with Crippen LogP contribution in [0.1, 0.15) is 35.1 Å². The standard InChI is InChI=1S/C15H21N5O3/c1-4-19-10-12(11(2)16-19)9-18(3)14(21)6-8-20-7-5-13(17-20)15(22)23/h5,7,10H,4,6,8-9H2,1-3H3,(H,22,23). The smallest absolute Gasteiger partial charge is 0.356 e. The second kappa shape index (κ2) is 7.08. The number of hydrogen-bond acceptors (Lipinski definition) is 4. The molecule has 2 aromatic heterocycles. The van der Waals surface area contributed by atoms with Gasteiger partial charge in [-0.2, -0.15) is 10.2 Å². The monoisotopic (exact) mass is 319 g/mol. The summed E-state index contributed by atoms with van der Waals surface area (Å²) in [7, 11) is 1.75. The predicted octanol–water partition coefficient (Wildman–Crippen LogP) is 1.15. The van der Waals surface area contributed by atoms with E-state index in [4.69, 9.17) is 5.11 Å². The van der Waals surface area contributed by atoms with Gasteiger partial charge >= 0.3 is 5.97 Å². The molecule has 0 aromatic carbocycles. The number of carbonyl (C=O) groups is 2. The molecule has 2 aromatic rings. The normalized spacial score (nSPS) is 10.7. The van der Waals surface area contributed by atoms with Gasteiger partial charge in [-0.25, -0.2) is 4.79 Å². The summed E-state index contributed by atoms with van der Waals surface area (Å²) in [6, 6.07) is 1.42. The number of aromatic nitrogens is 4. The molecule has 8 nitrogen and oxygen atoms in total. The number of hydrogen-bond donors (Lipinski definition) is 1. The zero-order chi connectivity index (χ0) is 17.0. The molecule has 1 amide bonds. The molecule has 0 atom stereocenters. The minimum atomic E-state index is -1.07. The van der Waals surface area contributed by atoms with Crippen LogP contribution < -0.4 is 0 Å². The third-order valence-corrected chi connectivity index (χ3v) is 3.62. The van der Waals surface area contributed by atoms with Crippen molar-refractivity contribution in [2.45, 2.75) is 39.9 Å². The van der Waals surface area contributed by atoms with Crippen molar-refractivity contribution >= 4 is 11.9 Å². The summed E-state index contributed by atoms with van der Waals surface area (Å²) in [4.78, 5) is 24.6. The Balaban J connectivity index is 1.89. The van der Waals surface area contributed by atoms with Crippen molar-refractivity contribution in [3.8, 4) is 0 Å². The molecule has 0 unspecified atom stereocenters. The van der Waals surface area contributed by atoms with Gasteiger partial charge in [-0.1, -0.05) is 0 Å². The van der Waals surface area contributed by atoms with Gasteiger partial charge < -0.3 is 10.0 Å². The van der Waals surface area contributed by atoms with Crippen LogP contribution in [-0.4, -0.2) is 48.5 Å². The Morgan fingerprint density at radius 1 is 1.30 bits per heavy atom. The summed E-state index contributed by atoms with van der Waals surface area (Å²) in [5.41, 5.74) is 1.92. The van der Waals surface area contributed by atoms with Crippen LogP contribution in [0.2, 0.25) is 0 Å². The van der Waals surface area contributed by atoms with E-state index in [2.05, 4.69) is 10.2 Å². The summed E-state index contributed by atoms with van der Waals surface area (Å²) in [6.45, 7) is 5.59. The Morgan fingerprint density at radius 3 is 2.61 bits per heavy atom. The molecule has 0 fully saturated rings. The van der Waals surface area contributed by atoms with Crippen LogP contribution in [0, 0.1) is 6.92 Å². The number of aryl methyl sites for hydroxylation is 3. The van der Waals surface area contributed by atoms with Gasteiger partial charge in [0.25, 0.3) is 0 Å². The van der Waals surface area contributed by atoms with Crippen molar-refractivity contribution in [1.82, 2.24) is 24.5 Å². The SMILES string of the molecule is CCn1cc(CN(C)C(=O)CCn2ccc(C(=O)O)n2)c(C)n1. The van der Waals surface area contributed by atoms with Gasteiger partial charge in [0.05, 0.1) is 5.69 Å². The van der Waals surface area contributed by atoms with Crippen LogP contribution in [-0.2, 0) is 24.4 Å². The van der Waals surface area contributed by atoms with Crippen molar-refractivity contribution in [2.24, 2.45) is 0 Å². The van der Waals surface area contributed by atoms with Gasteiger partial charge in [0.15, 0.2) is 5.69 Å². The van der Waals surface area contributed by atoms with Gasteiger partial charge in [0.2, 0.25) is 5.91 Å². The first-order valence-electron chi connectivity index (χ1n) is 7.44. The molecule has 0 aliphatic heterocycles. The Morgan fingerprint density at radius 2 is 2.04 bits per heavy atom. The van der Waals surface area contributed by atoms with Crippen LogP contribution >= 0.6 is 0 Å². The topological polar surface area (TPSA) is 93.2 Å². The molecule has 0 aliphatic rings. The molecular formula is C15H21N5O3. The summed E-state index contributed by atoms with van der Waals surface area (Å²) in [6.07, 6.45) is 3.77. The second-order valence-corrected chi connectivity index (χ2v) is 5.36. The molecule has 0 saturated carbocycles. The molecule has 124 valence electrons. The summed E-state index contributed by atoms with van der Waals surface area (Å²) in [5, 5.41) is 17.1. The molecule has 0 spiro atoms. The first-order valence-corrected chi connectivity index (χ1v) is 7.44. The minimum absolute atomic E-state index is 0.0200. The Kier molecular flexibility index (Phi) is 5.15. The van der Waals surface area contributed by atoms with Gasteiger partial charge in [-0.3, -0.25) is 14.2 Å². The molecule has 0 bridgehead atoms. The third kappa shape index (κ3) is 4.18. The van der Waals surface area contributed by atoms with E-state index < -0.39 is 5.97 Å². The maximum atomic E-state index is 12.2. The largest absolute Gasteiger partial charge is 0.476 e. The van der Waals surface area contributed by atoms with E-state index in [0.717, 1.165) is 17.8 Å². The van der Waals surface area contributed by atoms with E-state index >= 15 is 0 Å². The highest BCUT2D eigenvalue weighted by molar-refractivity contribution is 5.85. The first-order chi connectivity index (χ1) is 10.9. The van der Waals surface area contributed by atoms with Gasteiger partial charge in [-0.15, -0.1) is 0 Å². The Bertz CT molecular complexity index is 704. The molecule has 2 heterocycles. The molecule has 23 heavy (non-hydrogen) atoms. The van der Waals surface area contributed by atoms with E-state index in [0.29, 0.717) is 13.1 Å². The number of amides is 1. The Labute approximate surface area is 134 Å². The van der Waals surface area contributed by atoms with Crippen molar-refractivity contribution in [2.75, 3.05) is 7.05 Å². The lowest BCUT2D eigenvalue weighted by molar-refractivity contribution is -0.130. The molecule has 2 rings (SSSR count). The fourth-order valence-electron chi connectivity index (χ4n) is 2.22. The zero-order valence-corrected chi connectivity index (χ0v) is 13.6. The van der Waals surface area contributed by atoms with Crippen LogP contribution in [0.15, 0.2) is 18.5 Å². The molecular weight excluding hydrogens is 298 g/mol. The van der Waals surface area contributed by atoms with Gasteiger partial charge in [-0.05, 0) is 19.9 Å². The van der Waals surface area contributed by atoms with Crippen LogP contribution in [0.25, 0.3) is 0 Å². The van der Waals surface area contributed by atoms with Crippen molar-refractivity contribution in [1.29, 1.82) is 0 Å². The zero-order valence-electron chi connectivity index (χ0n) is 13.6. The average molecular weight is 319 g/mol. The van der Waals surface area contributed by atoms with Gasteiger partial charge in [0.1, 0.15) is 0 Å². The van der Waals surface area contributed by atoms with E-state index in [-0.39, 0.29) is 18.0 Å². The maximum Gasteiger partial charge on any atom is 0.356 e. The predicted molar refractivity (Wildman–Crippen MR) is 82.9 cm³/mol. The number of carboxylic acid groups (broad SMARTS) is 1. The molecule has 0 aliphatic carbocycles. The average Bonchev–Trinajstić information content (AvgIpc) is 3.12. The number of nitrogens with zero attached hydrogens (tertiary/aromatic N) is 5. The van der Waals surface area contributed by atoms with Crippen LogP contribution in [0.4, 0.5) is 0 Å². The van der Waals surface area contributed by atoms with E-state index in [1.807, 2.05) is 24.7 Å². The van der Waals surface area contributed by atoms with E-state index in [1.165, 1.54) is 10.7 Å². The summed E-state index contributed by atoms with van der Waals surface area (Å²) >= 11 is 0. The van der Waals surface area contributed by atoms with Crippen molar-refractivity contribution in [3.05, 3.63) is 35.4 Å². The fraction of sp³-hybridized carbons (Fsp3) is 0.467. The quantitative estimate of drug-likeness (QED) is 0.826. The van der Waals surface area contributed by atoms with E-state index in [1.54, 1.807) is 18.1 Å². The molecule has 1 N–H and O–H groups in total. The highest BCUT2D eigenvalue weighted by atomic mass is 16.4. The second-order valence-electron chi connectivity index (χ2n) is 5.36. The highest BCUT2D eigenvalue weighted by Gasteiger charge is 2.13. The van der Waals surface area contributed by atoms with E-state index in [9.17, 15) is 9.59 Å². The lowest BCUT2D eigenvalue weighted by atomic mass is 10.2. The number of carbonyl (C=O) groups excluding carboxylic acids is 1. The fourth-order valence-corrected chi connectivity index (χ4v) is 2.22. The number of aromatic carboxylic acids is 1. The lowest BCUT2D eigenvalue weighted by Gasteiger charge is -2.16. The van der Waals surface area contributed by atoms with Crippen LogP contribution in [0.5, 0.6) is 0 Å². The van der Waals surface area contributed by atoms with Crippen molar-refractivity contribution < 1.29 is 14.7 Å². The third-order valence-electron chi connectivity index (χ3n) is 3.62. The molecule has 0 radical (unpaired) electrons. The number of carboxylic acids is 1. The summed E-state index contributed by atoms with van der Waals surface area (Å²) < 4.78 is 3.32. The minimum Gasteiger partial charge on any atom is -0.476 e. The summed E-state index contributed by atoms with van der Waals surface area (Å²) in [5.74, 6) is -1.10. The van der Waals surface area contributed by atoms with Gasteiger partial charge in [0, 0.05) is 51.1 Å². The highest BCUT2D eigenvalue weighted by Crippen LogP contribution is 2.09. The lowest BCUT2D eigenvalue weighted by Crippen LogP contribution is -2.27. The molecule has 0 saturated heterocycles. The first kappa shape index (κ1) is 16.7. The number of rotatable bonds is 7. The maximum absolute atomic E-state index is 12.2. The van der Waals surface area contributed by atoms with Crippen molar-refractivity contribution in [3.63, 3.8) is 0 Å². The Hall–Kier alpha value is -2.64. The molecule has 8 heteroatoms. The van der Waals surface area contributed by atoms with Crippen LogP contribution in [0.3, 0.4) is 0 Å².